The molecule has 1 aromatic heterocycles. The van der Waals surface area contributed by atoms with E-state index in [1.807, 2.05) is 79.7 Å². The SMILES string of the molecule is Cc1ccc(-c2nc3ccccc3c(=O)n2/N=C\c2ccccc2)cc1. The average Bonchev–Trinajstić information content (AvgIpc) is 2.69. The summed E-state index contributed by atoms with van der Waals surface area (Å²) in [6.45, 7) is 2.03. The Morgan fingerprint density at radius 2 is 1.58 bits per heavy atom. The van der Waals surface area contributed by atoms with Gasteiger partial charge in [-0.05, 0) is 24.6 Å². The number of rotatable bonds is 3. The molecular formula is C22H17N3O. The number of benzene rings is 3. The number of aryl methyl sites for hydroxylation is 1. The minimum atomic E-state index is -0.182. The predicted octanol–water partition coefficient (Wildman–Crippen LogP) is 4.25. The molecule has 26 heavy (non-hydrogen) atoms. The first-order valence-corrected chi connectivity index (χ1v) is 8.40. The number of fused-ring (bicyclic) bond motifs is 1. The topological polar surface area (TPSA) is 47.2 Å². The lowest BCUT2D eigenvalue weighted by atomic mass is 10.1. The normalized spacial score (nSPS) is 11.3. The molecule has 0 aliphatic heterocycles. The Hall–Kier alpha value is -3.53. The number of nitrogens with zero attached hydrogens (tertiary/aromatic N) is 3. The number of para-hydroxylation sites is 1. The second-order valence-electron chi connectivity index (χ2n) is 6.09. The third-order valence-corrected chi connectivity index (χ3v) is 4.19. The van der Waals surface area contributed by atoms with Crippen molar-refractivity contribution >= 4 is 17.1 Å². The maximum Gasteiger partial charge on any atom is 0.282 e. The van der Waals surface area contributed by atoms with Crippen LogP contribution in [0.3, 0.4) is 0 Å². The first-order chi connectivity index (χ1) is 12.7. The van der Waals surface area contributed by atoms with E-state index in [1.165, 1.54) is 4.68 Å². The molecule has 1 heterocycles. The Morgan fingerprint density at radius 3 is 2.35 bits per heavy atom. The van der Waals surface area contributed by atoms with E-state index in [4.69, 9.17) is 4.98 Å². The summed E-state index contributed by atoms with van der Waals surface area (Å²) in [4.78, 5) is 17.7. The van der Waals surface area contributed by atoms with Crippen molar-refractivity contribution in [2.75, 3.05) is 0 Å². The Kier molecular flexibility index (Phi) is 4.15. The highest BCUT2D eigenvalue weighted by Crippen LogP contribution is 2.19. The Balaban J connectivity index is 1.95. The van der Waals surface area contributed by atoms with Crippen LogP contribution in [-0.4, -0.2) is 15.9 Å². The summed E-state index contributed by atoms with van der Waals surface area (Å²) in [5.41, 5.74) is 3.40. The highest BCUT2D eigenvalue weighted by atomic mass is 16.1. The number of hydrogen-bond donors (Lipinski definition) is 0. The van der Waals surface area contributed by atoms with E-state index >= 15 is 0 Å². The van der Waals surface area contributed by atoms with Crippen molar-refractivity contribution in [2.45, 2.75) is 6.92 Å². The summed E-state index contributed by atoms with van der Waals surface area (Å²) in [6, 6.07) is 24.9. The summed E-state index contributed by atoms with van der Waals surface area (Å²) in [6.07, 6.45) is 1.68. The van der Waals surface area contributed by atoms with Gasteiger partial charge >= 0.3 is 0 Å². The van der Waals surface area contributed by atoms with Crippen LogP contribution in [0, 0.1) is 6.92 Å². The molecule has 0 saturated heterocycles. The molecule has 3 aromatic carbocycles. The summed E-state index contributed by atoms with van der Waals surface area (Å²) in [7, 11) is 0. The third kappa shape index (κ3) is 3.05. The van der Waals surface area contributed by atoms with Gasteiger partial charge in [0.25, 0.3) is 5.56 Å². The van der Waals surface area contributed by atoms with Crippen molar-refractivity contribution in [2.24, 2.45) is 5.10 Å². The zero-order valence-corrected chi connectivity index (χ0v) is 14.3. The average molecular weight is 339 g/mol. The minimum Gasteiger partial charge on any atom is -0.267 e. The van der Waals surface area contributed by atoms with Gasteiger partial charge in [0.05, 0.1) is 17.1 Å². The maximum atomic E-state index is 13.0. The van der Waals surface area contributed by atoms with Crippen LogP contribution < -0.4 is 5.56 Å². The number of aromatic nitrogens is 2. The first kappa shape index (κ1) is 16.0. The molecule has 4 heteroatoms. The van der Waals surface area contributed by atoms with Crippen molar-refractivity contribution in [3.05, 3.63) is 100 Å². The molecule has 0 atom stereocenters. The van der Waals surface area contributed by atoms with Crippen LogP contribution in [0.5, 0.6) is 0 Å². The molecule has 0 unspecified atom stereocenters. The molecule has 0 amide bonds. The van der Waals surface area contributed by atoms with Gasteiger partial charge in [-0.15, -0.1) is 0 Å². The minimum absolute atomic E-state index is 0.182. The molecule has 126 valence electrons. The van der Waals surface area contributed by atoms with Crippen LogP contribution in [0.1, 0.15) is 11.1 Å². The summed E-state index contributed by atoms with van der Waals surface area (Å²) in [5, 5.41) is 4.99. The van der Waals surface area contributed by atoms with E-state index < -0.39 is 0 Å². The summed E-state index contributed by atoms with van der Waals surface area (Å²) >= 11 is 0. The summed E-state index contributed by atoms with van der Waals surface area (Å²) < 4.78 is 1.38. The summed E-state index contributed by atoms with van der Waals surface area (Å²) in [5.74, 6) is 0.529. The quantitative estimate of drug-likeness (QED) is 0.524. The predicted molar refractivity (Wildman–Crippen MR) is 106 cm³/mol. The van der Waals surface area contributed by atoms with Crippen LogP contribution in [-0.2, 0) is 0 Å². The fourth-order valence-corrected chi connectivity index (χ4v) is 2.78. The molecular weight excluding hydrogens is 322 g/mol. The fourth-order valence-electron chi connectivity index (χ4n) is 2.78. The molecule has 0 radical (unpaired) electrons. The van der Waals surface area contributed by atoms with E-state index in [9.17, 15) is 4.79 Å². The fraction of sp³-hybridized carbons (Fsp3) is 0.0455. The van der Waals surface area contributed by atoms with Crippen molar-refractivity contribution < 1.29 is 0 Å². The molecule has 0 aliphatic rings. The van der Waals surface area contributed by atoms with Gasteiger partial charge in [-0.3, -0.25) is 4.79 Å². The van der Waals surface area contributed by atoms with Gasteiger partial charge in [-0.2, -0.15) is 9.78 Å². The van der Waals surface area contributed by atoms with Gasteiger partial charge in [0.2, 0.25) is 0 Å². The van der Waals surface area contributed by atoms with E-state index in [1.54, 1.807) is 12.3 Å². The maximum absolute atomic E-state index is 13.0. The molecule has 0 spiro atoms. The van der Waals surface area contributed by atoms with Crippen LogP contribution in [0.4, 0.5) is 0 Å². The van der Waals surface area contributed by atoms with E-state index in [0.29, 0.717) is 16.7 Å². The largest absolute Gasteiger partial charge is 0.282 e. The van der Waals surface area contributed by atoms with Crippen LogP contribution in [0.2, 0.25) is 0 Å². The highest BCUT2D eigenvalue weighted by Gasteiger charge is 2.12. The first-order valence-electron chi connectivity index (χ1n) is 8.40. The lowest BCUT2D eigenvalue weighted by molar-refractivity contribution is 0.829. The Bertz CT molecular complexity index is 1140. The van der Waals surface area contributed by atoms with Crippen molar-refractivity contribution in [3.63, 3.8) is 0 Å². The van der Waals surface area contributed by atoms with Gasteiger partial charge in [-0.25, -0.2) is 4.98 Å². The third-order valence-electron chi connectivity index (χ3n) is 4.19. The Morgan fingerprint density at radius 1 is 0.885 bits per heavy atom. The lowest BCUT2D eigenvalue weighted by Gasteiger charge is -2.09. The van der Waals surface area contributed by atoms with Gasteiger partial charge in [0.1, 0.15) is 0 Å². The second kappa shape index (κ2) is 6.76. The van der Waals surface area contributed by atoms with Crippen LogP contribution in [0.25, 0.3) is 22.3 Å². The molecule has 0 bridgehead atoms. The Labute approximate surface area is 151 Å². The van der Waals surface area contributed by atoms with Gasteiger partial charge in [-0.1, -0.05) is 72.3 Å². The lowest BCUT2D eigenvalue weighted by Crippen LogP contribution is -2.20. The molecule has 0 fully saturated rings. The molecule has 0 aliphatic carbocycles. The van der Waals surface area contributed by atoms with Crippen molar-refractivity contribution in [3.8, 4) is 11.4 Å². The van der Waals surface area contributed by atoms with E-state index in [-0.39, 0.29) is 5.56 Å². The molecule has 0 N–H and O–H groups in total. The second-order valence-corrected chi connectivity index (χ2v) is 6.09. The van der Waals surface area contributed by atoms with Gasteiger partial charge in [0, 0.05) is 5.56 Å². The molecule has 4 aromatic rings. The number of hydrogen-bond acceptors (Lipinski definition) is 3. The van der Waals surface area contributed by atoms with E-state index in [2.05, 4.69) is 5.10 Å². The highest BCUT2D eigenvalue weighted by molar-refractivity contribution is 5.81. The van der Waals surface area contributed by atoms with Crippen molar-refractivity contribution in [1.82, 2.24) is 9.66 Å². The van der Waals surface area contributed by atoms with E-state index in [0.717, 1.165) is 16.7 Å². The van der Waals surface area contributed by atoms with Crippen LogP contribution >= 0.6 is 0 Å². The monoisotopic (exact) mass is 339 g/mol. The zero-order valence-electron chi connectivity index (χ0n) is 14.3. The molecule has 4 rings (SSSR count). The van der Waals surface area contributed by atoms with Gasteiger partial charge in [0.15, 0.2) is 5.82 Å². The smallest absolute Gasteiger partial charge is 0.267 e. The van der Waals surface area contributed by atoms with Gasteiger partial charge < -0.3 is 0 Å². The standard InChI is InChI=1S/C22H17N3O/c1-16-11-13-18(14-12-16)21-24-20-10-6-5-9-19(20)22(26)25(21)23-15-17-7-3-2-4-8-17/h2-15H,1H3/b23-15-. The zero-order chi connectivity index (χ0) is 17.9. The van der Waals surface area contributed by atoms with Crippen molar-refractivity contribution in [1.29, 1.82) is 0 Å². The molecule has 4 nitrogen and oxygen atoms in total. The van der Waals surface area contributed by atoms with Crippen LogP contribution in [0.15, 0.2) is 88.8 Å². The molecule has 0 saturated carbocycles.